The lowest BCUT2D eigenvalue weighted by atomic mass is 9.81. The average Bonchev–Trinajstić information content (AvgIpc) is 2.28. The Morgan fingerprint density at radius 1 is 1.31 bits per heavy atom. The number of hydrogen-bond acceptors (Lipinski definition) is 0. The quantitative estimate of drug-likeness (QED) is 0.629. The Morgan fingerprint density at radius 2 is 1.94 bits per heavy atom. The first-order valence-electron chi connectivity index (χ1n) is 5.80. The van der Waals surface area contributed by atoms with E-state index in [1.165, 1.54) is 22.3 Å². The molecule has 0 unspecified atom stereocenters. The van der Waals surface area contributed by atoms with Crippen LogP contribution in [0.2, 0.25) is 0 Å². The van der Waals surface area contributed by atoms with Crippen molar-refractivity contribution in [3.63, 3.8) is 0 Å². The molecule has 0 spiro atoms. The van der Waals surface area contributed by atoms with E-state index in [2.05, 4.69) is 65.5 Å². The van der Waals surface area contributed by atoms with Crippen molar-refractivity contribution in [3.05, 3.63) is 53.6 Å². The summed E-state index contributed by atoms with van der Waals surface area (Å²) in [5.74, 6) is 0. The summed E-state index contributed by atoms with van der Waals surface area (Å²) in [6, 6.07) is 6.67. The molecule has 0 atom stereocenters. The van der Waals surface area contributed by atoms with Gasteiger partial charge in [-0.2, -0.15) is 0 Å². The predicted molar refractivity (Wildman–Crippen MR) is 73.7 cm³/mol. The van der Waals surface area contributed by atoms with E-state index in [1.54, 1.807) is 0 Å². The molecular formula is C16H22. The van der Waals surface area contributed by atoms with Crippen molar-refractivity contribution in [2.24, 2.45) is 0 Å². The summed E-state index contributed by atoms with van der Waals surface area (Å²) in [4.78, 5) is 0. The van der Waals surface area contributed by atoms with Crippen LogP contribution in [-0.4, -0.2) is 0 Å². The largest absolute Gasteiger partial charge is 0.102 e. The summed E-state index contributed by atoms with van der Waals surface area (Å²) in [5.41, 5.74) is 5.35. The molecule has 86 valence electrons. The Bertz CT molecular complexity index is 420. The normalized spacial score (nSPS) is 12.7. The van der Waals surface area contributed by atoms with Gasteiger partial charge in [-0.3, -0.25) is 0 Å². The molecular weight excluding hydrogens is 192 g/mol. The van der Waals surface area contributed by atoms with E-state index in [-0.39, 0.29) is 5.41 Å². The zero-order chi connectivity index (χ0) is 12.3. The third-order valence-electron chi connectivity index (χ3n) is 3.33. The molecule has 0 aromatic heterocycles. The smallest absolute Gasteiger partial charge is 0.00755 e. The van der Waals surface area contributed by atoms with E-state index in [0.29, 0.717) is 0 Å². The highest BCUT2D eigenvalue weighted by molar-refractivity contribution is 5.65. The summed E-state index contributed by atoms with van der Waals surface area (Å²) in [7, 11) is 0. The van der Waals surface area contributed by atoms with E-state index >= 15 is 0 Å². The number of rotatable bonds is 3. The highest BCUT2D eigenvalue weighted by atomic mass is 14.2. The van der Waals surface area contributed by atoms with Gasteiger partial charge in [0.05, 0.1) is 0 Å². The van der Waals surface area contributed by atoms with Gasteiger partial charge in [-0.1, -0.05) is 44.2 Å². The van der Waals surface area contributed by atoms with Crippen LogP contribution in [0.15, 0.2) is 36.9 Å². The highest BCUT2D eigenvalue weighted by Crippen LogP contribution is 2.29. The molecule has 0 nitrogen and oxygen atoms in total. The summed E-state index contributed by atoms with van der Waals surface area (Å²) >= 11 is 0. The molecule has 0 saturated heterocycles. The van der Waals surface area contributed by atoms with Gasteiger partial charge in [0.2, 0.25) is 0 Å². The van der Waals surface area contributed by atoms with Crippen LogP contribution in [0, 0.1) is 6.92 Å². The molecule has 0 saturated carbocycles. The minimum atomic E-state index is 0.0358. The van der Waals surface area contributed by atoms with Crippen molar-refractivity contribution in [2.75, 3.05) is 0 Å². The van der Waals surface area contributed by atoms with Crippen LogP contribution in [0.4, 0.5) is 0 Å². The van der Waals surface area contributed by atoms with Crippen molar-refractivity contribution in [2.45, 2.75) is 40.0 Å². The Hall–Kier alpha value is -1.30. The predicted octanol–water partition coefficient (Wildman–Crippen LogP) is 4.88. The van der Waals surface area contributed by atoms with Gasteiger partial charge in [0, 0.05) is 5.41 Å². The molecule has 16 heavy (non-hydrogen) atoms. The molecule has 0 heterocycles. The summed E-state index contributed by atoms with van der Waals surface area (Å²) in [5, 5.41) is 0. The van der Waals surface area contributed by atoms with E-state index < -0.39 is 0 Å². The van der Waals surface area contributed by atoms with Gasteiger partial charge in [0.15, 0.2) is 0 Å². The van der Waals surface area contributed by atoms with Crippen LogP contribution >= 0.6 is 0 Å². The molecule has 0 aliphatic heterocycles. The Kier molecular flexibility index (Phi) is 3.74. The van der Waals surface area contributed by atoms with Crippen LogP contribution in [0.5, 0.6) is 0 Å². The monoisotopic (exact) mass is 214 g/mol. The van der Waals surface area contributed by atoms with Crippen LogP contribution in [0.1, 0.15) is 44.4 Å². The van der Waals surface area contributed by atoms with Crippen LogP contribution < -0.4 is 0 Å². The summed E-state index contributed by atoms with van der Waals surface area (Å²) < 4.78 is 0. The first-order valence-corrected chi connectivity index (χ1v) is 5.80. The minimum absolute atomic E-state index is 0.0358. The van der Waals surface area contributed by atoms with E-state index in [1.807, 2.05) is 6.08 Å². The lowest BCUT2D eigenvalue weighted by Crippen LogP contribution is -2.15. The molecule has 0 N–H and O–H groups in total. The van der Waals surface area contributed by atoms with Crippen LogP contribution in [0.3, 0.4) is 0 Å². The molecule has 0 aliphatic carbocycles. The second-order valence-corrected chi connectivity index (χ2v) is 4.93. The Morgan fingerprint density at radius 3 is 2.44 bits per heavy atom. The molecule has 0 heteroatoms. The molecule has 1 aromatic rings. The summed E-state index contributed by atoms with van der Waals surface area (Å²) in [6.07, 6.45) is 4.17. The van der Waals surface area contributed by atoms with Crippen molar-refractivity contribution < 1.29 is 0 Å². The zero-order valence-corrected chi connectivity index (χ0v) is 11.1. The Labute approximate surface area is 99.7 Å². The van der Waals surface area contributed by atoms with Gasteiger partial charge >= 0.3 is 0 Å². The van der Waals surface area contributed by atoms with Crippen molar-refractivity contribution in [1.29, 1.82) is 0 Å². The topological polar surface area (TPSA) is 0 Å². The lowest BCUT2D eigenvalue weighted by Gasteiger charge is -2.23. The molecule has 0 aliphatic rings. The van der Waals surface area contributed by atoms with Crippen LogP contribution in [-0.2, 0) is 5.41 Å². The van der Waals surface area contributed by atoms with Gasteiger partial charge in [0.25, 0.3) is 0 Å². The second-order valence-electron chi connectivity index (χ2n) is 4.93. The number of benzene rings is 1. The molecule has 0 bridgehead atoms. The Balaban J connectivity index is 3.35. The first kappa shape index (κ1) is 12.8. The highest BCUT2D eigenvalue weighted by Gasteiger charge is 2.18. The van der Waals surface area contributed by atoms with Gasteiger partial charge in [0.1, 0.15) is 0 Å². The maximum absolute atomic E-state index is 3.93. The fourth-order valence-corrected chi connectivity index (χ4v) is 1.84. The minimum Gasteiger partial charge on any atom is -0.102 e. The van der Waals surface area contributed by atoms with Gasteiger partial charge in [-0.05, 0) is 43.0 Å². The van der Waals surface area contributed by atoms with Gasteiger partial charge in [-0.25, -0.2) is 0 Å². The van der Waals surface area contributed by atoms with Crippen molar-refractivity contribution >= 4 is 5.57 Å². The number of hydrogen-bond donors (Lipinski definition) is 0. The SMILES string of the molecule is C=CC(C)(C)c1cc(C(C)=CC)ccc1C. The summed E-state index contributed by atoms with van der Waals surface area (Å²) in [6.45, 7) is 14.7. The maximum atomic E-state index is 3.93. The van der Waals surface area contributed by atoms with Gasteiger partial charge in [-0.15, -0.1) is 6.58 Å². The van der Waals surface area contributed by atoms with E-state index in [9.17, 15) is 0 Å². The van der Waals surface area contributed by atoms with Crippen molar-refractivity contribution in [3.8, 4) is 0 Å². The number of allylic oxidation sites excluding steroid dienone is 3. The van der Waals surface area contributed by atoms with E-state index in [4.69, 9.17) is 0 Å². The third-order valence-corrected chi connectivity index (χ3v) is 3.33. The second kappa shape index (κ2) is 4.69. The van der Waals surface area contributed by atoms with Crippen molar-refractivity contribution in [1.82, 2.24) is 0 Å². The zero-order valence-electron chi connectivity index (χ0n) is 11.1. The fourth-order valence-electron chi connectivity index (χ4n) is 1.84. The molecule has 0 fully saturated rings. The van der Waals surface area contributed by atoms with Crippen LogP contribution in [0.25, 0.3) is 5.57 Å². The third kappa shape index (κ3) is 2.44. The number of aryl methyl sites for hydroxylation is 1. The maximum Gasteiger partial charge on any atom is 0.00755 e. The van der Waals surface area contributed by atoms with E-state index in [0.717, 1.165) is 0 Å². The molecule has 0 radical (unpaired) electrons. The fraction of sp³-hybridized carbons (Fsp3) is 0.375. The van der Waals surface area contributed by atoms with Gasteiger partial charge < -0.3 is 0 Å². The lowest BCUT2D eigenvalue weighted by molar-refractivity contribution is 0.666. The molecule has 1 rings (SSSR count). The first-order chi connectivity index (χ1) is 7.42. The molecule has 1 aromatic carbocycles. The molecule has 0 amide bonds. The average molecular weight is 214 g/mol. The standard InChI is InChI=1S/C16H22/c1-7-12(3)14-10-9-13(4)15(11-14)16(5,6)8-2/h7-11H,2H2,1,3-6H3.